The van der Waals surface area contributed by atoms with E-state index in [1.165, 1.54) is 11.9 Å². The van der Waals surface area contributed by atoms with Crippen molar-refractivity contribution in [1.82, 2.24) is 19.6 Å². The van der Waals surface area contributed by atoms with Crippen LogP contribution in [0.3, 0.4) is 0 Å². The Bertz CT molecular complexity index is 1240. The third-order valence-electron chi connectivity index (χ3n) is 4.42. The Labute approximate surface area is 166 Å². The fourth-order valence-corrected chi connectivity index (χ4v) is 3.60. The second kappa shape index (κ2) is 8.10. The number of para-hydroxylation sites is 1. The first kappa shape index (κ1) is 20.6. The summed E-state index contributed by atoms with van der Waals surface area (Å²) in [5.41, 5.74) is -0.253. The highest BCUT2D eigenvalue weighted by atomic mass is 32.2. The van der Waals surface area contributed by atoms with Crippen LogP contribution >= 0.6 is 0 Å². The minimum absolute atomic E-state index is 0.0716. The summed E-state index contributed by atoms with van der Waals surface area (Å²) in [6.07, 6.45) is 0. The van der Waals surface area contributed by atoms with Gasteiger partial charge in [-0.15, -0.1) is 0 Å². The van der Waals surface area contributed by atoms with E-state index < -0.39 is 21.7 Å². The summed E-state index contributed by atoms with van der Waals surface area (Å²) in [5.74, 6) is -1.32. The number of hydrogen-bond donors (Lipinski definition) is 2. The van der Waals surface area contributed by atoms with Crippen LogP contribution in [0.15, 0.2) is 52.2 Å². The van der Waals surface area contributed by atoms with Crippen molar-refractivity contribution in [2.45, 2.75) is 18.4 Å². The molecule has 10 heteroatoms. The van der Waals surface area contributed by atoms with E-state index in [1.54, 1.807) is 31.2 Å². The molecule has 0 fully saturated rings. The highest BCUT2D eigenvalue weighted by molar-refractivity contribution is 7.89. The topological polar surface area (TPSA) is 112 Å². The first-order chi connectivity index (χ1) is 13.8. The number of hydrogen-bond acceptors (Lipinski definition) is 5. The van der Waals surface area contributed by atoms with Crippen molar-refractivity contribution in [1.29, 1.82) is 0 Å². The number of benzene rings is 2. The molecule has 2 aromatic carbocycles. The van der Waals surface area contributed by atoms with E-state index >= 15 is 0 Å². The lowest BCUT2D eigenvalue weighted by atomic mass is 10.2. The molecule has 0 aliphatic carbocycles. The van der Waals surface area contributed by atoms with Gasteiger partial charge in [0.15, 0.2) is 0 Å². The van der Waals surface area contributed by atoms with Crippen LogP contribution in [0.5, 0.6) is 0 Å². The van der Waals surface area contributed by atoms with E-state index in [0.29, 0.717) is 10.9 Å². The molecule has 0 radical (unpaired) electrons. The Hall–Kier alpha value is -3.11. The molecule has 0 saturated heterocycles. The first-order valence-corrected chi connectivity index (χ1v) is 10.3. The molecule has 0 bridgehead atoms. The maximum Gasteiger partial charge on any atom is 0.258 e. The van der Waals surface area contributed by atoms with Gasteiger partial charge in [0.2, 0.25) is 10.0 Å². The van der Waals surface area contributed by atoms with Gasteiger partial charge in [0.05, 0.1) is 27.9 Å². The Morgan fingerprint density at radius 2 is 1.97 bits per heavy atom. The van der Waals surface area contributed by atoms with Gasteiger partial charge in [-0.25, -0.2) is 22.5 Å². The highest BCUT2D eigenvalue weighted by Crippen LogP contribution is 2.18. The molecule has 0 unspecified atom stereocenters. The summed E-state index contributed by atoms with van der Waals surface area (Å²) in [7, 11) is -2.62. The number of H-pyrrole nitrogens is 1. The molecular weight excluding hydrogens is 399 g/mol. The van der Waals surface area contributed by atoms with Gasteiger partial charge in [-0.2, -0.15) is 0 Å². The minimum atomic E-state index is -3.84. The van der Waals surface area contributed by atoms with E-state index in [9.17, 15) is 22.4 Å². The number of halogens is 1. The lowest BCUT2D eigenvalue weighted by molar-refractivity contribution is 0.0743. The van der Waals surface area contributed by atoms with E-state index in [4.69, 9.17) is 0 Å². The lowest BCUT2D eigenvalue weighted by Crippen LogP contribution is -2.32. The molecule has 3 rings (SSSR count). The Kier molecular flexibility index (Phi) is 5.76. The van der Waals surface area contributed by atoms with Gasteiger partial charge in [-0.1, -0.05) is 12.1 Å². The number of amides is 1. The maximum atomic E-state index is 14.3. The zero-order valence-electron chi connectivity index (χ0n) is 15.8. The third kappa shape index (κ3) is 4.17. The SMILES string of the molecule is CCN(Cc1nc2ccccc2c(=O)[nH]1)C(=O)c1cc(S(=O)(=O)NC)ccc1F. The van der Waals surface area contributed by atoms with Gasteiger partial charge in [0.25, 0.3) is 11.5 Å². The smallest absolute Gasteiger partial charge is 0.258 e. The number of rotatable bonds is 6. The van der Waals surface area contributed by atoms with Crippen LogP contribution in [-0.2, 0) is 16.6 Å². The van der Waals surface area contributed by atoms with Crippen molar-refractivity contribution < 1.29 is 17.6 Å². The van der Waals surface area contributed by atoms with Crippen molar-refractivity contribution in [3.63, 3.8) is 0 Å². The van der Waals surface area contributed by atoms with Crippen LogP contribution < -0.4 is 10.3 Å². The number of carbonyl (C=O) groups excluding carboxylic acids is 1. The van der Waals surface area contributed by atoms with Crippen LogP contribution in [-0.4, -0.2) is 42.8 Å². The molecule has 0 aliphatic heterocycles. The second-order valence-corrected chi connectivity index (χ2v) is 8.08. The van der Waals surface area contributed by atoms with Crippen LogP contribution in [0.1, 0.15) is 23.1 Å². The van der Waals surface area contributed by atoms with E-state index in [1.807, 2.05) is 0 Å². The van der Waals surface area contributed by atoms with E-state index in [0.717, 1.165) is 18.2 Å². The summed E-state index contributed by atoms with van der Waals surface area (Å²) in [6, 6.07) is 9.77. The average molecular weight is 418 g/mol. The molecule has 1 aromatic heterocycles. The number of aromatic amines is 1. The lowest BCUT2D eigenvalue weighted by Gasteiger charge is -2.21. The number of fused-ring (bicyclic) bond motifs is 1. The number of sulfonamides is 1. The second-order valence-electron chi connectivity index (χ2n) is 6.20. The number of nitrogens with zero attached hydrogens (tertiary/aromatic N) is 2. The van der Waals surface area contributed by atoms with Crippen molar-refractivity contribution in [2.75, 3.05) is 13.6 Å². The molecule has 0 atom stereocenters. The summed E-state index contributed by atoms with van der Waals surface area (Å²) in [4.78, 5) is 33.1. The van der Waals surface area contributed by atoms with Crippen molar-refractivity contribution >= 4 is 26.8 Å². The van der Waals surface area contributed by atoms with Gasteiger partial charge >= 0.3 is 0 Å². The quantitative estimate of drug-likeness (QED) is 0.632. The highest BCUT2D eigenvalue weighted by Gasteiger charge is 2.22. The molecule has 2 N–H and O–H groups in total. The molecule has 0 saturated carbocycles. The van der Waals surface area contributed by atoms with Crippen LogP contribution in [0, 0.1) is 5.82 Å². The molecule has 29 heavy (non-hydrogen) atoms. The Balaban J connectivity index is 1.96. The monoisotopic (exact) mass is 418 g/mol. The predicted octanol–water partition coefficient (Wildman–Crippen LogP) is 1.63. The normalized spacial score (nSPS) is 11.6. The summed E-state index contributed by atoms with van der Waals surface area (Å²) >= 11 is 0. The van der Waals surface area contributed by atoms with Gasteiger partial charge in [-0.05, 0) is 44.3 Å². The molecule has 1 heterocycles. The Morgan fingerprint density at radius 1 is 1.24 bits per heavy atom. The minimum Gasteiger partial charge on any atom is -0.331 e. The molecule has 0 spiro atoms. The number of nitrogens with one attached hydrogen (secondary N) is 2. The van der Waals surface area contributed by atoms with Crippen LogP contribution in [0.2, 0.25) is 0 Å². The summed E-state index contributed by atoms with van der Waals surface area (Å²) in [5, 5.41) is 0.418. The summed E-state index contributed by atoms with van der Waals surface area (Å²) in [6.45, 7) is 1.80. The van der Waals surface area contributed by atoms with Gasteiger partial charge in [0.1, 0.15) is 11.6 Å². The van der Waals surface area contributed by atoms with Gasteiger partial charge in [-0.3, -0.25) is 9.59 Å². The van der Waals surface area contributed by atoms with E-state index in [2.05, 4.69) is 14.7 Å². The largest absolute Gasteiger partial charge is 0.331 e. The molecule has 0 aliphatic rings. The fraction of sp³-hybridized carbons (Fsp3) is 0.211. The standard InChI is InChI=1S/C19H19FN4O4S/c1-3-24(11-17-22-16-7-5-4-6-13(16)18(25)23-17)19(26)14-10-12(8-9-15(14)20)29(27,28)21-2/h4-10,21H,3,11H2,1-2H3,(H,22,23,25). The zero-order valence-corrected chi connectivity index (χ0v) is 16.6. The molecule has 152 valence electrons. The van der Waals surface area contributed by atoms with Crippen molar-refractivity contribution in [3.05, 3.63) is 70.0 Å². The summed E-state index contributed by atoms with van der Waals surface area (Å²) < 4.78 is 40.4. The molecule has 8 nitrogen and oxygen atoms in total. The average Bonchev–Trinajstić information content (AvgIpc) is 2.71. The molecule has 3 aromatic rings. The third-order valence-corrected chi connectivity index (χ3v) is 5.83. The fourth-order valence-electron chi connectivity index (χ4n) is 2.84. The maximum absolute atomic E-state index is 14.3. The van der Waals surface area contributed by atoms with Crippen LogP contribution in [0.4, 0.5) is 4.39 Å². The van der Waals surface area contributed by atoms with Crippen LogP contribution in [0.25, 0.3) is 10.9 Å². The van der Waals surface area contributed by atoms with E-state index in [-0.39, 0.29) is 34.9 Å². The first-order valence-electron chi connectivity index (χ1n) is 8.77. The molecular formula is C19H19FN4O4S. The Morgan fingerprint density at radius 3 is 2.66 bits per heavy atom. The van der Waals surface area contributed by atoms with Gasteiger partial charge < -0.3 is 9.88 Å². The zero-order chi connectivity index (χ0) is 21.2. The number of aromatic nitrogens is 2. The molecule has 1 amide bonds. The number of carbonyl (C=O) groups is 1. The predicted molar refractivity (Wildman–Crippen MR) is 105 cm³/mol. The van der Waals surface area contributed by atoms with Gasteiger partial charge in [0, 0.05) is 6.54 Å². The van der Waals surface area contributed by atoms with Crippen molar-refractivity contribution in [2.24, 2.45) is 0 Å². The van der Waals surface area contributed by atoms with Crippen molar-refractivity contribution in [3.8, 4) is 0 Å².